The van der Waals surface area contributed by atoms with Crippen LogP contribution in [0.1, 0.15) is 38.5 Å². The van der Waals surface area contributed by atoms with Gasteiger partial charge >= 0.3 is 0 Å². The smallest absolute Gasteiger partial charge is 0.293 e. The lowest BCUT2D eigenvalue weighted by atomic mass is 9.96. The van der Waals surface area contributed by atoms with Crippen molar-refractivity contribution in [3.05, 3.63) is 0 Å². The minimum absolute atomic E-state index is 0.261. The molecule has 2 atom stereocenters. The Hall–Kier alpha value is -0.570. The second kappa shape index (κ2) is 5.14. The van der Waals surface area contributed by atoms with Gasteiger partial charge in [0.05, 0.1) is 6.10 Å². The number of carbonyl (C=O) groups excluding carboxylic acids is 1. The van der Waals surface area contributed by atoms with Crippen molar-refractivity contribution in [2.45, 2.75) is 50.7 Å². The van der Waals surface area contributed by atoms with Crippen LogP contribution >= 0.6 is 0 Å². The molecule has 0 radical (unpaired) electrons. The Balaban J connectivity index is 2.37. The van der Waals surface area contributed by atoms with Gasteiger partial charge in [0.1, 0.15) is 6.10 Å². The molecule has 1 fully saturated rings. The van der Waals surface area contributed by atoms with Gasteiger partial charge in [0.15, 0.2) is 0 Å². The van der Waals surface area contributed by atoms with Crippen molar-refractivity contribution < 1.29 is 14.6 Å². The maximum Gasteiger partial charge on any atom is 0.293 e. The average molecular weight is 172 g/mol. The topological polar surface area (TPSA) is 46.5 Å². The lowest BCUT2D eigenvalue weighted by Gasteiger charge is -2.23. The first-order valence-electron chi connectivity index (χ1n) is 4.62. The van der Waals surface area contributed by atoms with Crippen molar-refractivity contribution in [2.75, 3.05) is 0 Å². The molecule has 0 aromatic rings. The highest BCUT2D eigenvalue weighted by molar-refractivity contribution is 5.37. The number of hydrogen-bond donors (Lipinski definition) is 1. The molecule has 0 heterocycles. The molecule has 1 N–H and O–H groups in total. The van der Waals surface area contributed by atoms with E-state index in [1.165, 1.54) is 12.8 Å². The molecule has 1 saturated carbocycles. The molecule has 0 aliphatic heterocycles. The molecule has 0 saturated heterocycles. The van der Waals surface area contributed by atoms with E-state index in [1.54, 1.807) is 0 Å². The van der Waals surface area contributed by atoms with E-state index in [0.717, 1.165) is 25.7 Å². The molecule has 0 amide bonds. The van der Waals surface area contributed by atoms with Gasteiger partial charge < -0.3 is 9.84 Å². The Morgan fingerprint density at radius 2 is 1.83 bits per heavy atom. The first-order chi connectivity index (χ1) is 5.84. The summed E-state index contributed by atoms with van der Waals surface area (Å²) in [6.07, 6.45) is 5.32. The van der Waals surface area contributed by atoms with E-state index < -0.39 is 6.10 Å². The van der Waals surface area contributed by atoms with E-state index >= 15 is 0 Å². The van der Waals surface area contributed by atoms with Gasteiger partial charge in [0, 0.05) is 0 Å². The van der Waals surface area contributed by atoms with Crippen molar-refractivity contribution in [3.8, 4) is 0 Å². The zero-order chi connectivity index (χ0) is 8.81. The van der Waals surface area contributed by atoms with Crippen molar-refractivity contribution in [1.29, 1.82) is 0 Å². The molecule has 0 aromatic heterocycles. The molecule has 0 aromatic carbocycles. The van der Waals surface area contributed by atoms with Crippen LogP contribution in [-0.4, -0.2) is 23.8 Å². The van der Waals surface area contributed by atoms with Gasteiger partial charge in [-0.05, 0) is 19.3 Å². The first kappa shape index (κ1) is 9.52. The maximum absolute atomic E-state index is 10.1. The second-order valence-corrected chi connectivity index (χ2v) is 3.33. The molecule has 3 heteroatoms. The fourth-order valence-electron chi connectivity index (χ4n) is 1.66. The molecule has 12 heavy (non-hydrogen) atoms. The van der Waals surface area contributed by atoms with Crippen LogP contribution in [0, 0.1) is 0 Å². The second-order valence-electron chi connectivity index (χ2n) is 3.33. The fourth-order valence-corrected chi connectivity index (χ4v) is 1.66. The maximum atomic E-state index is 10.1. The highest BCUT2D eigenvalue weighted by atomic mass is 16.5. The van der Waals surface area contributed by atoms with E-state index in [-0.39, 0.29) is 6.10 Å². The number of aliphatic hydroxyl groups excluding tert-OH is 1. The predicted octanol–water partition coefficient (Wildman–Crippen LogP) is 1.24. The molecule has 0 bridgehead atoms. The third-order valence-electron chi connectivity index (χ3n) is 2.40. The Morgan fingerprint density at radius 3 is 2.50 bits per heavy atom. The van der Waals surface area contributed by atoms with Crippen LogP contribution in [0.2, 0.25) is 0 Å². The Morgan fingerprint density at radius 1 is 1.17 bits per heavy atom. The van der Waals surface area contributed by atoms with Gasteiger partial charge in [0.2, 0.25) is 0 Å². The monoisotopic (exact) mass is 172 g/mol. The average Bonchev–Trinajstić information content (AvgIpc) is 2.05. The summed E-state index contributed by atoms with van der Waals surface area (Å²) in [4.78, 5) is 10.1. The molecule has 1 aliphatic carbocycles. The highest BCUT2D eigenvalue weighted by Gasteiger charge is 2.21. The Bertz CT molecular complexity index is 136. The quantitative estimate of drug-likeness (QED) is 0.637. The van der Waals surface area contributed by atoms with Crippen LogP contribution in [0.3, 0.4) is 0 Å². The minimum Gasteiger partial charge on any atom is -0.462 e. The van der Waals surface area contributed by atoms with Crippen LogP contribution in [0.5, 0.6) is 0 Å². The van der Waals surface area contributed by atoms with E-state index in [9.17, 15) is 9.90 Å². The number of hydrogen-bond acceptors (Lipinski definition) is 3. The minimum atomic E-state index is -0.449. The molecule has 3 nitrogen and oxygen atoms in total. The number of ether oxygens (including phenoxy) is 1. The van der Waals surface area contributed by atoms with E-state index in [2.05, 4.69) is 0 Å². The summed E-state index contributed by atoms with van der Waals surface area (Å²) in [6, 6.07) is 0. The SMILES string of the molecule is O=COC1CCCCCCC1O. The van der Waals surface area contributed by atoms with Gasteiger partial charge in [-0.1, -0.05) is 19.3 Å². The third-order valence-corrected chi connectivity index (χ3v) is 2.40. The summed E-state index contributed by atoms with van der Waals surface area (Å²) in [5.74, 6) is 0. The summed E-state index contributed by atoms with van der Waals surface area (Å²) in [5.41, 5.74) is 0. The lowest BCUT2D eigenvalue weighted by molar-refractivity contribution is -0.140. The van der Waals surface area contributed by atoms with E-state index in [4.69, 9.17) is 4.74 Å². The van der Waals surface area contributed by atoms with Crippen LogP contribution in [0.4, 0.5) is 0 Å². The van der Waals surface area contributed by atoms with Crippen LogP contribution in [-0.2, 0) is 9.53 Å². The molecule has 2 unspecified atom stereocenters. The number of aliphatic hydroxyl groups is 1. The Kier molecular flexibility index (Phi) is 4.08. The van der Waals surface area contributed by atoms with Gasteiger partial charge in [-0.25, -0.2) is 0 Å². The van der Waals surface area contributed by atoms with Crippen LogP contribution in [0.25, 0.3) is 0 Å². The summed E-state index contributed by atoms with van der Waals surface area (Å²) in [5, 5.41) is 9.52. The van der Waals surface area contributed by atoms with Gasteiger partial charge in [-0.15, -0.1) is 0 Å². The lowest BCUT2D eigenvalue weighted by Crippen LogP contribution is -2.29. The summed E-state index contributed by atoms with van der Waals surface area (Å²) in [6.45, 7) is 0.440. The molecule has 70 valence electrons. The zero-order valence-corrected chi connectivity index (χ0v) is 7.24. The van der Waals surface area contributed by atoms with Gasteiger partial charge in [-0.3, -0.25) is 4.79 Å². The van der Waals surface area contributed by atoms with Crippen molar-refractivity contribution in [3.63, 3.8) is 0 Å². The molecular weight excluding hydrogens is 156 g/mol. The molecule has 1 aliphatic rings. The van der Waals surface area contributed by atoms with E-state index in [0.29, 0.717) is 6.47 Å². The zero-order valence-electron chi connectivity index (χ0n) is 7.24. The van der Waals surface area contributed by atoms with Gasteiger partial charge in [-0.2, -0.15) is 0 Å². The van der Waals surface area contributed by atoms with Crippen molar-refractivity contribution in [1.82, 2.24) is 0 Å². The number of rotatable bonds is 2. The van der Waals surface area contributed by atoms with Crippen molar-refractivity contribution >= 4 is 6.47 Å². The summed E-state index contributed by atoms with van der Waals surface area (Å²) >= 11 is 0. The fraction of sp³-hybridized carbons (Fsp3) is 0.889. The van der Waals surface area contributed by atoms with Gasteiger partial charge in [0.25, 0.3) is 6.47 Å². The van der Waals surface area contributed by atoms with Crippen molar-refractivity contribution in [2.24, 2.45) is 0 Å². The summed E-state index contributed by atoms with van der Waals surface area (Å²) in [7, 11) is 0. The normalized spacial score (nSPS) is 31.8. The molecule has 1 rings (SSSR count). The predicted molar refractivity (Wildman–Crippen MR) is 44.6 cm³/mol. The third kappa shape index (κ3) is 2.81. The standard InChI is InChI=1S/C9H16O3/c10-7-12-9-6-4-2-1-3-5-8(9)11/h7-9,11H,1-6H2. The molecule has 0 spiro atoms. The highest BCUT2D eigenvalue weighted by Crippen LogP contribution is 2.19. The first-order valence-corrected chi connectivity index (χ1v) is 4.62. The number of carbonyl (C=O) groups is 1. The van der Waals surface area contributed by atoms with Crippen LogP contribution in [0.15, 0.2) is 0 Å². The molecular formula is C9H16O3. The van der Waals surface area contributed by atoms with E-state index in [1.807, 2.05) is 0 Å². The summed E-state index contributed by atoms with van der Waals surface area (Å²) < 4.78 is 4.80. The largest absolute Gasteiger partial charge is 0.462 e. The van der Waals surface area contributed by atoms with Crippen LogP contribution < -0.4 is 0 Å². The Labute approximate surface area is 72.7 Å².